The number of hydrogen-bond acceptors (Lipinski definition) is 9. The number of aromatic nitrogens is 10. The van der Waals surface area contributed by atoms with Crippen LogP contribution in [0.15, 0.2) is 309 Å². The smallest absolute Gasteiger partial charge is 0.164 e. The van der Waals surface area contributed by atoms with E-state index in [0.29, 0.717) is 46.3 Å². The van der Waals surface area contributed by atoms with Crippen LogP contribution in [0.2, 0.25) is 0 Å². The van der Waals surface area contributed by atoms with Crippen LogP contribution in [-0.2, 0) is 0 Å². The molecule has 0 aliphatic rings. The third-order valence-electron chi connectivity index (χ3n) is 17.3. The van der Waals surface area contributed by atoms with Crippen LogP contribution in [0.1, 0.15) is 5.56 Å². The van der Waals surface area contributed by atoms with Crippen molar-refractivity contribution in [2.75, 3.05) is 0 Å². The Kier molecular flexibility index (Phi) is 13.6. The van der Waals surface area contributed by atoms with Gasteiger partial charge in [0.1, 0.15) is 0 Å². The summed E-state index contributed by atoms with van der Waals surface area (Å²) < 4.78 is 4.63. The predicted octanol–water partition coefficient (Wildman–Crippen LogP) is 19.6. The van der Waals surface area contributed by atoms with Gasteiger partial charge in [0.25, 0.3) is 0 Å². The summed E-state index contributed by atoms with van der Waals surface area (Å²) in [7, 11) is 0. The molecule has 0 amide bonds. The van der Waals surface area contributed by atoms with Crippen molar-refractivity contribution in [3.8, 4) is 131 Å². The first kappa shape index (κ1) is 54.9. The minimum Gasteiger partial charge on any atom is -0.309 e. The van der Waals surface area contributed by atoms with Gasteiger partial charge in [0, 0.05) is 82.9 Å². The van der Waals surface area contributed by atoms with Crippen molar-refractivity contribution in [2.24, 2.45) is 0 Å². The number of nitriles is 1. The van der Waals surface area contributed by atoms with E-state index in [-0.39, 0.29) is 0 Å². The number of fused-ring (bicyclic) bond motifs is 6. The zero-order valence-electron chi connectivity index (χ0n) is 50.4. The quantitative estimate of drug-likeness (QED) is 0.117. The highest BCUT2D eigenvalue weighted by molar-refractivity contribution is 6.12. The normalized spacial score (nSPS) is 11.4. The van der Waals surface area contributed by atoms with Crippen LogP contribution >= 0.6 is 0 Å². The van der Waals surface area contributed by atoms with Gasteiger partial charge in [-0.1, -0.05) is 218 Å². The second-order valence-corrected chi connectivity index (χ2v) is 23.0. The highest BCUT2D eigenvalue weighted by Crippen LogP contribution is 2.44. The van der Waals surface area contributed by atoms with Gasteiger partial charge in [-0.3, -0.25) is 0 Å². The Morgan fingerprint density at radius 3 is 1.04 bits per heavy atom. The highest BCUT2D eigenvalue weighted by Gasteiger charge is 2.25. The third kappa shape index (κ3) is 9.97. The summed E-state index contributed by atoms with van der Waals surface area (Å²) in [6.45, 7) is 0. The molecule has 17 aromatic rings. The summed E-state index contributed by atoms with van der Waals surface area (Å²) in [5.41, 5.74) is 17.3. The lowest BCUT2D eigenvalue weighted by atomic mass is 9.94. The fraction of sp³-hybridized carbons (Fsp3) is 0. The summed E-state index contributed by atoms with van der Waals surface area (Å²) >= 11 is 0. The van der Waals surface area contributed by atoms with E-state index >= 15 is 0 Å². The molecule has 0 bridgehead atoms. The number of rotatable bonds is 12. The van der Waals surface area contributed by atoms with Crippen LogP contribution in [0.3, 0.4) is 0 Å². The van der Waals surface area contributed by atoms with E-state index in [0.717, 1.165) is 128 Å². The van der Waals surface area contributed by atoms with Crippen LogP contribution in [0.25, 0.3) is 168 Å². The molecule has 5 aromatic heterocycles. The minimum absolute atomic E-state index is 0.494. The van der Waals surface area contributed by atoms with E-state index in [1.807, 2.05) is 170 Å². The maximum absolute atomic E-state index is 11.0. The van der Waals surface area contributed by atoms with Gasteiger partial charge in [0.15, 0.2) is 40.8 Å². The minimum atomic E-state index is 0.494. The van der Waals surface area contributed by atoms with Crippen molar-refractivity contribution in [3.63, 3.8) is 0 Å². The number of nitrogens with zero attached hydrogens (tertiary/aromatic N) is 11. The molecule has 438 valence electrons. The van der Waals surface area contributed by atoms with Crippen molar-refractivity contribution in [2.45, 2.75) is 0 Å². The Labute approximate surface area is 540 Å². The van der Waals surface area contributed by atoms with Gasteiger partial charge < -0.3 is 9.13 Å². The molecule has 11 nitrogen and oxygen atoms in total. The molecule has 5 heterocycles. The first-order valence-corrected chi connectivity index (χ1v) is 31.0. The number of benzene rings is 12. The Bertz CT molecular complexity index is 5620. The van der Waals surface area contributed by atoms with Crippen LogP contribution in [0, 0.1) is 11.3 Å². The average Bonchev–Trinajstić information content (AvgIpc) is 1.55. The first-order valence-electron chi connectivity index (χ1n) is 31.0. The van der Waals surface area contributed by atoms with E-state index in [2.05, 4.69) is 155 Å². The van der Waals surface area contributed by atoms with Crippen molar-refractivity contribution >= 4 is 43.6 Å². The summed E-state index contributed by atoms with van der Waals surface area (Å²) in [6.07, 6.45) is 0. The molecule has 17 rings (SSSR count). The molecule has 0 radical (unpaired) electrons. The Morgan fingerprint density at radius 1 is 0.234 bits per heavy atom. The molecule has 0 spiro atoms. The fourth-order valence-electron chi connectivity index (χ4n) is 12.8. The third-order valence-corrected chi connectivity index (χ3v) is 17.3. The summed E-state index contributed by atoms with van der Waals surface area (Å²) in [4.78, 5) is 41.5. The number of para-hydroxylation sites is 2. The van der Waals surface area contributed by atoms with Gasteiger partial charge in [0.05, 0.1) is 50.8 Å². The van der Waals surface area contributed by atoms with Gasteiger partial charge in [-0.2, -0.15) is 5.26 Å². The molecule has 12 aromatic carbocycles. The van der Waals surface area contributed by atoms with Gasteiger partial charge >= 0.3 is 0 Å². The van der Waals surface area contributed by atoms with Crippen LogP contribution < -0.4 is 0 Å². The zero-order valence-corrected chi connectivity index (χ0v) is 50.4. The molecule has 0 saturated heterocycles. The fourth-order valence-corrected chi connectivity index (χ4v) is 12.8. The molecule has 0 fully saturated rings. The second kappa shape index (κ2) is 23.3. The molecule has 0 unspecified atom stereocenters. The first-order chi connectivity index (χ1) is 46.5. The van der Waals surface area contributed by atoms with Gasteiger partial charge in [-0.05, 0) is 96.6 Å². The SMILES string of the molecule is N#Cc1ccc(-n2c3ccccc3c3cc(-c4nc(-c5ccccc5)nc(-c5ccccc5)n4)ccc32)c(-c2cc(-n3c4ccccc4c4cc(-c5nc(-c6ccccc6)nc(-c6ccccc6)n5)ccc43)ccc2-c2nc(-c3ccccc3)cc(-c3ccccc3)n2)c1. The second-order valence-electron chi connectivity index (χ2n) is 23.0. The topological polar surface area (TPSA) is 137 Å². The van der Waals surface area contributed by atoms with Crippen molar-refractivity contribution in [3.05, 3.63) is 315 Å². The van der Waals surface area contributed by atoms with E-state index < -0.39 is 0 Å². The standard InChI is InChI=1S/C83H51N11/c84-52-53-39-44-75(94-73-38-22-20-36-64(73)69-49-61(41-46-76(69)94)82-91-79(58-31-15-5-16-32-58)88-80(92-82)59-33-17-6-18-34-59)67(47-53)66-50-62(42-43-65(66)83-85-70(54-23-7-1-8-24-54)51-71(86-83)55-25-9-2-10-26-55)93-72-37-21-19-35-63(72)68-48-60(40-45-74(68)93)81-89-77(56-27-11-3-12-28-56)87-78(90-81)57-29-13-4-14-30-57/h1-51H. The van der Waals surface area contributed by atoms with Gasteiger partial charge in [0.2, 0.25) is 0 Å². The molecule has 0 atom stereocenters. The largest absolute Gasteiger partial charge is 0.309 e. The van der Waals surface area contributed by atoms with Crippen molar-refractivity contribution < 1.29 is 0 Å². The van der Waals surface area contributed by atoms with Crippen LogP contribution in [0.4, 0.5) is 0 Å². The molecule has 0 aliphatic carbocycles. The molecule has 94 heavy (non-hydrogen) atoms. The van der Waals surface area contributed by atoms with E-state index in [9.17, 15) is 5.26 Å². The maximum Gasteiger partial charge on any atom is 0.164 e. The van der Waals surface area contributed by atoms with E-state index in [1.54, 1.807) is 0 Å². The lowest BCUT2D eigenvalue weighted by Crippen LogP contribution is -2.03. The lowest BCUT2D eigenvalue weighted by molar-refractivity contribution is 1.07. The number of hydrogen-bond donors (Lipinski definition) is 0. The Hall–Kier alpha value is -13.2. The molecular formula is C83H51N11. The molecular weight excluding hydrogens is 1150 g/mol. The molecule has 11 heteroatoms. The highest BCUT2D eigenvalue weighted by atomic mass is 15.1. The average molecular weight is 1200 g/mol. The van der Waals surface area contributed by atoms with Crippen molar-refractivity contribution in [1.82, 2.24) is 49.0 Å². The van der Waals surface area contributed by atoms with E-state index in [4.69, 9.17) is 39.9 Å². The molecule has 0 aliphatic heterocycles. The van der Waals surface area contributed by atoms with Crippen LogP contribution in [-0.4, -0.2) is 49.0 Å². The van der Waals surface area contributed by atoms with Gasteiger partial charge in [-0.25, -0.2) is 39.9 Å². The van der Waals surface area contributed by atoms with Gasteiger partial charge in [-0.15, -0.1) is 0 Å². The Balaban J connectivity index is 0.891. The summed E-state index contributed by atoms with van der Waals surface area (Å²) in [6, 6.07) is 108. The maximum atomic E-state index is 11.0. The summed E-state index contributed by atoms with van der Waals surface area (Å²) in [5, 5.41) is 15.1. The van der Waals surface area contributed by atoms with E-state index in [1.165, 1.54) is 0 Å². The predicted molar refractivity (Wildman–Crippen MR) is 377 cm³/mol. The lowest BCUT2D eigenvalue weighted by Gasteiger charge is -2.19. The van der Waals surface area contributed by atoms with Crippen LogP contribution in [0.5, 0.6) is 0 Å². The molecule has 0 N–H and O–H groups in total. The zero-order chi connectivity index (χ0) is 62.5. The molecule has 0 saturated carbocycles. The Morgan fingerprint density at radius 2 is 0.606 bits per heavy atom. The van der Waals surface area contributed by atoms with Crippen molar-refractivity contribution in [1.29, 1.82) is 5.26 Å². The summed E-state index contributed by atoms with van der Waals surface area (Å²) in [5.74, 6) is 4.00. The monoisotopic (exact) mass is 1200 g/mol.